The van der Waals surface area contributed by atoms with Crippen LogP contribution in [0.3, 0.4) is 0 Å². The molecule has 1 amide bonds. The van der Waals surface area contributed by atoms with Gasteiger partial charge in [0.25, 0.3) is 0 Å². The Kier molecular flexibility index (Phi) is 7.07. The minimum absolute atomic E-state index is 0.144. The molecule has 4 rings (SSSR count). The Morgan fingerprint density at radius 3 is 2.37 bits per heavy atom. The molecule has 0 fully saturated rings. The number of benzene rings is 2. The number of aromatic nitrogens is 3. The van der Waals surface area contributed by atoms with Gasteiger partial charge in [0.15, 0.2) is 5.82 Å². The van der Waals surface area contributed by atoms with Crippen molar-refractivity contribution < 1.29 is 9.18 Å². The Labute approximate surface area is 209 Å². The normalized spacial score (nSPS) is 11.6. The highest BCUT2D eigenvalue weighted by Crippen LogP contribution is 2.34. The zero-order valence-electron chi connectivity index (χ0n) is 20.7. The predicted octanol–water partition coefficient (Wildman–Crippen LogP) is 5.12. The number of nitrogens with one attached hydrogen (secondary N) is 2. The first-order valence-corrected chi connectivity index (χ1v) is 12.4. The van der Waals surface area contributed by atoms with Crippen molar-refractivity contribution in [3.63, 3.8) is 0 Å². The van der Waals surface area contributed by atoms with E-state index in [0.717, 1.165) is 34.0 Å². The van der Waals surface area contributed by atoms with Crippen molar-refractivity contribution in [2.24, 2.45) is 0 Å². The molecule has 0 unspecified atom stereocenters. The molecule has 184 valence electrons. The third-order valence-corrected chi connectivity index (χ3v) is 6.45. The van der Waals surface area contributed by atoms with Crippen LogP contribution in [0.25, 0.3) is 16.2 Å². The van der Waals surface area contributed by atoms with Gasteiger partial charge in [-0.15, -0.1) is 5.10 Å². The number of imidazole rings is 1. The number of aryl methyl sites for hydroxylation is 1. The molecule has 7 nitrogen and oxygen atoms in total. The molecule has 0 atom stereocenters. The van der Waals surface area contributed by atoms with Crippen LogP contribution in [-0.2, 0) is 17.8 Å². The SMILES string of the molecule is CCc1ccc(-c2nc3sc(N(C)CC(=O)NCc4ccc(F)cc4)nn3c2NC(C)(C)C)cc1. The lowest BCUT2D eigenvalue weighted by Crippen LogP contribution is -2.34. The molecule has 35 heavy (non-hydrogen) atoms. The second kappa shape index (κ2) is 10.0. The Balaban J connectivity index is 1.53. The van der Waals surface area contributed by atoms with E-state index < -0.39 is 0 Å². The number of anilines is 2. The minimum atomic E-state index is -0.296. The number of rotatable bonds is 8. The van der Waals surface area contributed by atoms with Crippen molar-refractivity contribution >= 4 is 33.2 Å². The lowest BCUT2D eigenvalue weighted by molar-refractivity contribution is -0.119. The fourth-order valence-corrected chi connectivity index (χ4v) is 4.46. The number of likely N-dealkylation sites (N-methyl/N-ethyl adjacent to an activating group) is 1. The van der Waals surface area contributed by atoms with Crippen LogP contribution in [0.15, 0.2) is 48.5 Å². The van der Waals surface area contributed by atoms with Crippen LogP contribution in [0.5, 0.6) is 0 Å². The Morgan fingerprint density at radius 1 is 1.09 bits per heavy atom. The maximum Gasteiger partial charge on any atom is 0.239 e. The lowest BCUT2D eigenvalue weighted by Gasteiger charge is -2.22. The largest absolute Gasteiger partial charge is 0.364 e. The van der Waals surface area contributed by atoms with E-state index in [0.29, 0.717) is 11.7 Å². The lowest BCUT2D eigenvalue weighted by atomic mass is 10.1. The quantitative estimate of drug-likeness (QED) is 0.356. The van der Waals surface area contributed by atoms with Gasteiger partial charge in [0.1, 0.15) is 11.5 Å². The highest BCUT2D eigenvalue weighted by Gasteiger charge is 2.23. The minimum Gasteiger partial charge on any atom is -0.364 e. The van der Waals surface area contributed by atoms with Crippen LogP contribution in [0.2, 0.25) is 0 Å². The molecular formula is C26H31FN6OS. The van der Waals surface area contributed by atoms with Crippen molar-refractivity contribution in [2.75, 3.05) is 23.8 Å². The smallest absolute Gasteiger partial charge is 0.239 e. The number of carbonyl (C=O) groups is 1. The number of halogens is 1. The summed E-state index contributed by atoms with van der Waals surface area (Å²) in [6.07, 6.45) is 0.986. The summed E-state index contributed by atoms with van der Waals surface area (Å²) in [7, 11) is 1.83. The van der Waals surface area contributed by atoms with Gasteiger partial charge in [-0.25, -0.2) is 9.37 Å². The molecule has 2 N–H and O–H groups in total. The highest BCUT2D eigenvalue weighted by molar-refractivity contribution is 7.20. The van der Waals surface area contributed by atoms with E-state index in [1.807, 2.05) is 11.6 Å². The first-order chi connectivity index (χ1) is 16.6. The number of hydrogen-bond acceptors (Lipinski definition) is 6. The van der Waals surface area contributed by atoms with E-state index >= 15 is 0 Å². The van der Waals surface area contributed by atoms with Crippen LogP contribution in [-0.4, -0.2) is 39.6 Å². The average Bonchev–Trinajstić information content (AvgIpc) is 3.37. The number of fused-ring (bicyclic) bond motifs is 1. The Hall–Kier alpha value is -3.46. The van der Waals surface area contributed by atoms with E-state index in [2.05, 4.69) is 62.6 Å². The van der Waals surface area contributed by atoms with Gasteiger partial charge in [-0.1, -0.05) is 54.7 Å². The molecule has 0 aliphatic rings. The Morgan fingerprint density at radius 2 is 1.74 bits per heavy atom. The second-order valence-corrected chi connectivity index (χ2v) is 10.5. The topological polar surface area (TPSA) is 74.6 Å². The first kappa shape index (κ1) is 24.7. The Bertz CT molecular complexity index is 1300. The van der Waals surface area contributed by atoms with Gasteiger partial charge >= 0.3 is 0 Å². The molecule has 9 heteroatoms. The summed E-state index contributed by atoms with van der Waals surface area (Å²) in [4.78, 5) is 19.9. The van der Waals surface area contributed by atoms with Gasteiger partial charge in [-0.2, -0.15) is 4.52 Å². The maximum absolute atomic E-state index is 13.1. The summed E-state index contributed by atoms with van der Waals surface area (Å²) in [5.41, 5.74) is 3.81. The monoisotopic (exact) mass is 494 g/mol. The average molecular weight is 495 g/mol. The summed E-state index contributed by atoms with van der Waals surface area (Å²) < 4.78 is 14.9. The molecule has 2 heterocycles. The fraction of sp³-hybridized carbons (Fsp3) is 0.346. The third kappa shape index (κ3) is 5.97. The van der Waals surface area contributed by atoms with Crippen LogP contribution in [0, 0.1) is 5.82 Å². The van der Waals surface area contributed by atoms with Gasteiger partial charge in [0.2, 0.25) is 16.0 Å². The van der Waals surface area contributed by atoms with Gasteiger partial charge in [-0.3, -0.25) is 4.79 Å². The van der Waals surface area contributed by atoms with Crippen LogP contribution in [0.1, 0.15) is 38.8 Å². The highest BCUT2D eigenvalue weighted by atomic mass is 32.1. The molecule has 2 aromatic heterocycles. The van der Waals surface area contributed by atoms with E-state index in [1.165, 1.54) is 29.0 Å². The molecule has 2 aromatic carbocycles. The third-order valence-electron chi connectivity index (χ3n) is 5.43. The van der Waals surface area contributed by atoms with Crippen molar-refractivity contribution in [2.45, 2.75) is 46.2 Å². The standard InChI is InChI=1S/C26H31FN6OS/c1-6-17-7-11-19(12-8-17)22-23(30-26(2,3)4)33-24(29-22)35-25(31-33)32(5)16-21(34)28-15-18-9-13-20(27)14-10-18/h7-14,30H,6,15-16H2,1-5H3,(H,28,34). The summed E-state index contributed by atoms with van der Waals surface area (Å²) >= 11 is 1.43. The van der Waals surface area contributed by atoms with E-state index in [9.17, 15) is 9.18 Å². The molecule has 0 radical (unpaired) electrons. The summed E-state index contributed by atoms with van der Waals surface area (Å²) in [5.74, 6) is 0.387. The maximum atomic E-state index is 13.1. The molecule has 0 spiro atoms. The van der Waals surface area contributed by atoms with Gasteiger partial charge < -0.3 is 15.5 Å². The van der Waals surface area contributed by atoms with Crippen LogP contribution in [0.4, 0.5) is 15.3 Å². The molecule has 4 aromatic rings. The molecule has 0 bridgehead atoms. The number of nitrogens with zero attached hydrogens (tertiary/aromatic N) is 4. The second-order valence-electron chi connectivity index (χ2n) is 9.57. The first-order valence-electron chi connectivity index (χ1n) is 11.6. The zero-order valence-corrected chi connectivity index (χ0v) is 21.5. The summed E-state index contributed by atoms with van der Waals surface area (Å²) in [6, 6.07) is 14.5. The fourth-order valence-electron chi connectivity index (χ4n) is 3.60. The summed E-state index contributed by atoms with van der Waals surface area (Å²) in [6.45, 7) is 8.92. The van der Waals surface area contributed by atoms with Crippen molar-refractivity contribution in [3.05, 3.63) is 65.5 Å². The van der Waals surface area contributed by atoms with Gasteiger partial charge in [0.05, 0.1) is 6.54 Å². The van der Waals surface area contributed by atoms with Crippen molar-refractivity contribution in [1.82, 2.24) is 19.9 Å². The number of hydrogen-bond donors (Lipinski definition) is 2. The summed E-state index contributed by atoms with van der Waals surface area (Å²) in [5, 5.41) is 11.9. The van der Waals surface area contributed by atoms with Gasteiger partial charge in [-0.05, 0) is 50.5 Å². The van der Waals surface area contributed by atoms with E-state index in [-0.39, 0.29) is 23.8 Å². The van der Waals surface area contributed by atoms with E-state index in [1.54, 1.807) is 17.0 Å². The number of amides is 1. The van der Waals surface area contributed by atoms with Crippen molar-refractivity contribution in [1.29, 1.82) is 0 Å². The van der Waals surface area contributed by atoms with E-state index in [4.69, 9.17) is 10.1 Å². The number of carbonyl (C=O) groups excluding carboxylic acids is 1. The molecule has 0 aliphatic carbocycles. The zero-order chi connectivity index (χ0) is 25.2. The predicted molar refractivity (Wildman–Crippen MR) is 141 cm³/mol. The molecule has 0 saturated carbocycles. The van der Waals surface area contributed by atoms with Crippen molar-refractivity contribution in [3.8, 4) is 11.3 Å². The van der Waals surface area contributed by atoms with Crippen LogP contribution < -0.4 is 15.5 Å². The molecular weight excluding hydrogens is 463 g/mol. The molecule has 0 saturated heterocycles. The molecule has 0 aliphatic heterocycles. The van der Waals surface area contributed by atoms with Gasteiger partial charge in [0, 0.05) is 24.7 Å². The van der Waals surface area contributed by atoms with Crippen LogP contribution >= 0.6 is 11.3 Å².